The maximum Gasteiger partial charge on any atom is 0.117 e. The molecule has 3 rings (SSSR count). The Morgan fingerprint density at radius 2 is 1.96 bits per heavy atom. The normalized spacial score (nSPS) is 12.1. The van der Waals surface area contributed by atoms with Crippen molar-refractivity contribution < 1.29 is 4.21 Å². The molecule has 1 unspecified atom stereocenters. The topological polar surface area (TPSA) is 57.8 Å². The molecule has 1 atom stereocenters. The number of anilines is 1. The summed E-state index contributed by atoms with van der Waals surface area (Å²) < 4.78 is 17.0. The lowest BCUT2D eigenvalue weighted by molar-refractivity contribution is 0.683. The summed E-state index contributed by atoms with van der Waals surface area (Å²) in [6.45, 7) is 2.08. The van der Waals surface area contributed by atoms with Crippen molar-refractivity contribution in [3.8, 4) is 17.3 Å². The minimum absolute atomic E-state index is 0.609. The number of unbranched alkanes of at least 4 members (excludes halogenated alkanes) is 1. The minimum atomic E-state index is -1.07. The molecule has 0 aliphatic carbocycles. The van der Waals surface area contributed by atoms with E-state index in [1.807, 2.05) is 54.1 Å². The number of rotatable bonds is 6. The molecule has 0 bridgehead atoms. The number of nitriles is 1. The fourth-order valence-corrected chi connectivity index (χ4v) is 4.25. The number of hydrogen-bond donors (Lipinski definition) is 1. The zero-order chi connectivity index (χ0) is 18.7. The fourth-order valence-electron chi connectivity index (χ4n) is 3.02. The third-order valence-corrected chi connectivity index (χ3v) is 5.70. The van der Waals surface area contributed by atoms with Crippen molar-refractivity contribution in [2.24, 2.45) is 7.05 Å². The van der Waals surface area contributed by atoms with E-state index in [1.165, 1.54) is 0 Å². The van der Waals surface area contributed by atoms with Gasteiger partial charge in [0.1, 0.15) is 17.1 Å². The van der Waals surface area contributed by atoms with E-state index in [1.54, 1.807) is 0 Å². The van der Waals surface area contributed by atoms with Gasteiger partial charge in [0.2, 0.25) is 0 Å². The monoisotopic (exact) mass is 385 g/mol. The smallest absolute Gasteiger partial charge is 0.117 e. The van der Waals surface area contributed by atoms with Gasteiger partial charge in [-0.25, -0.2) is 4.21 Å². The molecule has 26 heavy (non-hydrogen) atoms. The van der Waals surface area contributed by atoms with Crippen LogP contribution in [0.25, 0.3) is 22.2 Å². The van der Waals surface area contributed by atoms with Gasteiger partial charge in [-0.2, -0.15) is 5.26 Å². The predicted octanol–water partition coefficient (Wildman–Crippen LogP) is 5.25. The molecule has 1 heterocycles. The van der Waals surface area contributed by atoms with Gasteiger partial charge in [-0.3, -0.25) is 0 Å². The standard InChI is InChI=1S/C20H20ClN3OS/c1-3-4-11-26(25)23-16-8-5-14(6-9-16)20-18(13-22)17-12-15(21)7-10-19(17)24(20)2/h5-10,12,23H,3-4,11H2,1-2H3. The van der Waals surface area contributed by atoms with E-state index in [0.717, 1.165) is 40.7 Å². The third kappa shape index (κ3) is 3.62. The van der Waals surface area contributed by atoms with Gasteiger partial charge in [0.05, 0.1) is 11.3 Å². The maximum absolute atomic E-state index is 12.0. The van der Waals surface area contributed by atoms with Gasteiger partial charge in [-0.05, 0) is 42.3 Å². The highest BCUT2D eigenvalue weighted by molar-refractivity contribution is 7.86. The highest BCUT2D eigenvalue weighted by Gasteiger charge is 2.17. The quantitative estimate of drug-likeness (QED) is 0.630. The Labute approximate surface area is 161 Å². The van der Waals surface area contributed by atoms with Crippen LogP contribution in [0.2, 0.25) is 5.02 Å². The average Bonchev–Trinajstić information content (AvgIpc) is 2.91. The third-order valence-electron chi connectivity index (χ3n) is 4.35. The van der Waals surface area contributed by atoms with E-state index in [2.05, 4.69) is 17.7 Å². The molecule has 0 saturated heterocycles. The molecule has 1 aromatic heterocycles. The van der Waals surface area contributed by atoms with Crippen LogP contribution in [0.1, 0.15) is 25.3 Å². The summed E-state index contributed by atoms with van der Waals surface area (Å²) >= 11 is 6.10. The second-order valence-corrected chi connectivity index (χ2v) is 7.88. The van der Waals surface area contributed by atoms with Crippen molar-refractivity contribution in [3.63, 3.8) is 0 Å². The Morgan fingerprint density at radius 1 is 1.23 bits per heavy atom. The summed E-state index contributed by atoms with van der Waals surface area (Å²) in [5.41, 5.74) is 4.16. The Bertz CT molecular complexity index is 1000. The number of aromatic nitrogens is 1. The van der Waals surface area contributed by atoms with Crippen LogP contribution in [0.15, 0.2) is 42.5 Å². The molecule has 0 aliphatic heterocycles. The van der Waals surface area contributed by atoms with Crippen molar-refractivity contribution in [3.05, 3.63) is 53.1 Å². The first-order valence-electron chi connectivity index (χ1n) is 8.48. The van der Waals surface area contributed by atoms with Crippen LogP contribution in [-0.4, -0.2) is 14.5 Å². The van der Waals surface area contributed by atoms with Crippen molar-refractivity contribution in [1.82, 2.24) is 4.57 Å². The van der Waals surface area contributed by atoms with E-state index in [4.69, 9.17) is 11.6 Å². The Hall–Kier alpha value is -2.29. The Morgan fingerprint density at radius 3 is 2.62 bits per heavy atom. The molecule has 0 saturated carbocycles. The molecular weight excluding hydrogens is 366 g/mol. The Kier molecular flexibility index (Phi) is 5.65. The maximum atomic E-state index is 12.0. The number of halogens is 1. The second kappa shape index (κ2) is 7.94. The van der Waals surface area contributed by atoms with E-state index in [0.29, 0.717) is 16.3 Å². The first-order valence-corrected chi connectivity index (χ1v) is 10.2. The summed E-state index contributed by atoms with van der Waals surface area (Å²) in [6.07, 6.45) is 1.95. The average molecular weight is 386 g/mol. The van der Waals surface area contributed by atoms with Gasteiger partial charge < -0.3 is 9.29 Å². The molecule has 0 amide bonds. The minimum Gasteiger partial charge on any atom is -0.343 e. The fraction of sp³-hybridized carbons (Fsp3) is 0.250. The summed E-state index contributed by atoms with van der Waals surface area (Å²) in [5, 5.41) is 11.1. The first kappa shape index (κ1) is 18.5. The lowest BCUT2D eigenvalue weighted by Gasteiger charge is -2.08. The van der Waals surface area contributed by atoms with Gasteiger partial charge in [0, 0.05) is 34.4 Å². The lowest BCUT2D eigenvalue weighted by Crippen LogP contribution is -2.08. The van der Waals surface area contributed by atoms with Crippen LogP contribution in [-0.2, 0) is 18.0 Å². The van der Waals surface area contributed by atoms with Gasteiger partial charge in [0.25, 0.3) is 0 Å². The molecule has 0 fully saturated rings. The Balaban J connectivity index is 1.96. The van der Waals surface area contributed by atoms with Crippen LogP contribution in [0.5, 0.6) is 0 Å². The van der Waals surface area contributed by atoms with Crippen LogP contribution in [0.4, 0.5) is 5.69 Å². The summed E-state index contributed by atoms with van der Waals surface area (Å²) in [5.74, 6) is 0.640. The number of aryl methyl sites for hydroxylation is 1. The highest BCUT2D eigenvalue weighted by atomic mass is 35.5. The molecule has 3 aromatic rings. The lowest BCUT2D eigenvalue weighted by atomic mass is 10.1. The molecular formula is C20H20ClN3OS. The van der Waals surface area contributed by atoms with E-state index in [9.17, 15) is 9.47 Å². The van der Waals surface area contributed by atoms with Gasteiger partial charge in [-0.1, -0.05) is 37.1 Å². The molecule has 4 nitrogen and oxygen atoms in total. The van der Waals surface area contributed by atoms with Crippen molar-refractivity contribution >= 4 is 39.2 Å². The SMILES string of the molecule is CCCCS(=O)Nc1ccc(-c2c(C#N)c3cc(Cl)ccc3n2C)cc1. The van der Waals surface area contributed by atoms with Crippen LogP contribution < -0.4 is 4.72 Å². The predicted molar refractivity (Wildman–Crippen MR) is 110 cm³/mol. The van der Waals surface area contributed by atoms with Gasteiger partial charge in [-0.15, -0.1) is 0 Å². The number of hydrogen-bond acceptors (Lipinski definition) is 2. The molecule has 1 N–H and O–H groups in total. The number of nitrogens with one attached hydrogen (secondary N) is 1. The number of fused-ring (bicyclic) bond motifs is 1. The molecule has 2 aromatic carbocycles. The van der Waals surface area contributed by atoms with E-state index < -0.39 is 11.0 Å². The summed E-state index contributed by atoms with van der Waals surface area (Å²) in [4.78, 5) is 0. The van der Waals surface area contributed by atoms with Gasteiger partial charge >= 0.3 is 0 Å². The second-order valence-electron chi connectivity index (χ2n) is 6.14. The first-order chi connectivity index (χ1) is 12.5. The van der Waals surface area contributed by atoms with Crippen molar-refractivity contribution in [2.45, 2.75) is 19.8 Å². The molecule has 0 spiro atoms. The number of benzene rings is 2. The van der Waals surface area contributed by atoms with Crippen LogP contribution in [0.3, 0.4) is 0 Å². The van der Waals surface area contributed by atoms with Crippen molar-refractivity contribution in [1.29, 1.82) is 5.26 Å². The largest absolute Gasteiger partial charge is 0.343 e. The molecule has 134 valence electrons. The molecule has 0 aliphatic rings. The van der Waals surface area contributed by atoms with Crippen LogP contribution in [0, 0.1) is 11.3 Å². The highest BCUT2D eigenvalue weighted by Crippen LogP contribution is 2.34. The molecule has 6 heteroatoms. The van der Waals surface area contributed by atoms with Crippen molar-refractivity contribution in [2.75, 3.05) is 10.5 Å². The summed E-state index contributed by atoms with van der Waals surface area (Å²) in [7, 11) is 0.873. The van der Waals surface area contributed by atoms with E-state index >= 15 is 0 Å². The summed E-state index contributed by atoms with van der Waals surface area (Å²) in [6, 6.07) is 15.6. The van der Waals surface area contributed by atoms with E-state index in [-0.39, 0.29) is 0 Å². The molecule has 0 radical (unpaired) electrons. The zero-order valence-corrected chi connectivity index (χ0v) is 16.3. The zero-order valence-electron chi connectivity index (χ0n) is 14.8. The number of nitrogens with zero attached hydrogens (tertiary/aromatic N) is 2. The van der Waals surface area contributed by atoms with Crippen LogP contribution >= 0.6 is 11.6 Å². The van der Waals surface area contributed by atoms with Gasteiger partial charge in [0.15, 0.2) is 0 Å².